The third-order valence-electron chi connectivity index (χ3n) is 6.64. The van der Waals surface area contributed by atoms with Crippen LogP contribution in [0, 0.1) is 0 Å². The van der Waals surface area contributed by atoms with Crippen LogP contribution in [-0.2, 0) is 0 Å². The van der Waals surface area contributed by atoms with E-state index in [1.54, 1.807) is 0 Å². The molecule has 0 N–H and O–H groups in total. The highest BCUT2D eigenvalue weighted by atomic mass is 15.1. The molecule has 0 aliphatic heterocycles. The maximum atomic E-state index is 2.39. The van der Waals surface area contributed by atoms with Crippen molar-refractivity contribution in [3.8, 4) is 0 Å². The van der Waals surface area contributed by atoms with Crippen molar-refractivity contribution in [3.63, 3.8) is 0 Å². The molecule has 3 rings (SSSR count). The normalized spacial score (nSPS) is 12.8. The summed E-state index contributed by atoms with van der Waals surface area (Å²) in [5, 5.41) is 0. The van der Waals surface area contributed by atoms with Crippen LogP contribution in [0.4, 0.5) is 11.4 Å². The minimum Gasteiger partial charge on any atom is -0.372 e. The van der Waals surface area contributed by atoms with Gasteiger partial charge in [-0.1, -0.05) is 24.3 Å². The standard InChI is InChI=1S/C30H40N3/c1-7-31(6)27-18-12-24(13-19-27)30(25-14-20-28(21-15-25)32(8-2)9-3)26-16-22-29(23-17-26)33(10-4)11-5/h12-23H,7-11H2,1-6H3/q+1. The molecule has 0 saturated heterocycles. The SMILES string of the molecule is CCN(CC)c1ccc(C(=C2C=CC(=[N+](C)CC)C=C2)c2ccc(N(CC)CC)cc2)cc1. The molecule has 1 aliphatic rings. The van der Waals surface area contributed by atoms with Crippen LogP contribution in [0.1, 0.15) is 45.7 Å². The molecular weight excluding hydrogens is 402 g/mol. The van der Waals surface area contributed by atoms with Gasteiger partial charge in [0.25, 0.3) is 0 Å². The van der Waals surface area contributed by atoms with Crippen molar-refractivity contribution in [2.75, 3.05) is 49.6 Å². The lowest BCUT2D eigenvalue weighted by molar-refractivity contribution is -0.491. The highest BCUT2D eigenvalue weighted by Crippen LogP contribution is 2.32. The lowest BCUT2D eigenvalue weighted by Crippen LogP contribution is -2.21. The summed E-state index contributed by atoms with van der Waals surface area (Å²) >= 11 is 0. The quantitative estimate of drug-likeness (QED) is 0.415. The Hall–Kier alpha value is -3.07. The summed E-state index contributed by atoms with van der Waals surface area (Å²) < 4.78 is 2.27. The Bertz CT molecular complexity index is 953. The average Bonchev–Trinajstić information content (AvgIpc) is 2.87. The fraction of sp³-hybridized carbons (Fsp3) is 0.367. The fourth-order valence-electron chi connectivity index (χ4n) is 4.42. The van der Waals surface area contributed by atoms with Gasteiger partial charge in [0.15, 0.2) is 5.71 Å². The number of nitrogens with zero attached hydrogens (tertiary/aromatic N) is 3. The Morgan fingerprint density at radius 3 is 1.33 bits per heavy atom. The van der Waals surface area contributed by atoms with Gasteiger partial charge in [-0.3, -0.25) is 0 Å². The lowest BCUT2D eigenvalue weighted by Gasteiger charge is -2.23. The van der Waals surface area contributed by atoms with E-state index in [0.29, 0.717) is 0 Å². The molecule has 0 atom stereocenters. The van der Waals surface area contributed by atoms with E-state index in [1.807, 2.05) is 0 Å². The van der Waals surface area contributed by atoms with Gasteiger partial charge in [0.05, 0.1) is 0 Å². The highest BCUT2D eigenvalue weighted by Gasteiger charge is 2.14. The smallest absolute Gasteiger partial charge is 0.199 e. The Morgan fingerprint density at radius 2 is 1.00 bits per heavy atom. The number of benzene rings is 2. The molecule has 174 valence electrons. The van der Waals surface area contributed by atoms with Crippen molar-refractivity contribution < 1.29 is 4.58 Å². The van der Waals surface area contributed by atoms with Crippen LogP contribution in [0.2, 0.25) is 0 Å². The molecule has 3 heteroatoms. The van der Waals surface area contributed by atoms with E-state index in [1.165, 1.54) is 39.4 Å². The molecule has 0 saturated carbocycles. The summed E-state index contributed by atoms with van der Waals surface area (Å²) in [5.74, 6) is 0. The van der Waals surface area contributed by atoms with E-state index in [0.717, 1.165) is 32.7 Å². The van der Waals surface area contributed by atoms with E-state index in [9.17, 15) is 0 Å². The van der Waals surface area contributed by atoms with Gasteiger partial charge in [-0.2, -0.15) is 0 Å². The maximum Gasteiger partial charge on any atom is 0.199 e. The van der Waals surface area contributed by atoms with Gasteiger partial charge in [0, 0.05) is 49.7 Å². The van der Waals surface area contributed by atoms with Crippen molar-refractivity contribution in [2.45, 2.75) is 34.6 Å². The molecule has 0 radical (unpaired) electrons. The van der Waals surface area contributed by atoms with Gasteiger partial charge in [0.1, 0.15) is 13.6 Å². The van der Waals surface area contributed by atoms with Crippen LogP contribution >= 0.6 is 0 Å². The second kappa shape index (κ2) is 11.7. The summed E-state index contributed by atoms with van der Waals surface area (Å²) in [6.45, 7) is 16.1. The number of hydrogen-bond acceptors (Lipinski definition) is 2. The Labute approximate surface area is 201 Å². The van der Waals surface area contributed by atoms with Crippen molar-refractivity contribution in [1.29, 1.82) is 0 Å². The van der Waals surface area contributed by atoms with Crippen molar-refractivity contribution in [3.05, 3.63) is 89.5 Å². The highest BCUT2D eigenvalue weighted by molar-refractivity contribution is 6.04. The van der Waals surface area contributed by atoms with Crippen LogP contribution in [0.5, 0.6) is 0 Å². The maximum absolute atomic E-state index is 2.39. The zero-order valence-corrected chi connectivity index (χ0v) is 21.3. The zero-order chi connectivity index (χ0) is 23.8. The molecule has 0 aromatic heterocycles. The Morgan fingerprint density at radius 1 is 0.606 bits per heavy atom. The topological polar surface area (TPSA) is 9.49 Å². The first-order chi connectivity index (χ1) is 16.1. The number of rotatable bonds is 9. The second-order valence-corrected chi connectivity index (χ2v) is 8.37. The molecule has 2 aromatic rings. The second-order valence-electron chi connectivity index (χ2n) is 8.37. The summed E-state index contributed by atoms with van der Waals surface area (Å²) in [5.41, 5.74) is 8.82. The molecule has 0 bridgehead atoms. The van der Waals surface area contributed by atoms with E-state index in [-0.39, 0.29) is 0 Å². The van der Waals surface area contributed by atoms with Crippen LogP contribution in [0.3, 0.4) is 0 Å². The van der Waals surface area contributed by atoms with Crippen LogP contribution in [0.25, 0.3) is 5.57 Å². The zero-order valence-electron chi connectivity index (χ0n) is 21.3. The third kappa shape index (κ3) is 5.65. The summed E-state index contributed by atoms with van der Waals surface area (Å²) in [6, 6.07) is 18.1. The van der Waals surface area contributed by atoms with Crippen molar-refractivity contribution in [2.24, 2.45) is 0 Å². The first-order valence-electron chi connectivity index (χ1n) is 12.4. The third-order valence-corrected chi connectivity index (χ3v) is 6.64. The average molecular weight is 443 g/mol. The predicted octanol–water partition coefficient (Wildman–Crippen LogP) is 6.41. The van der Waals surface area contributed by atoms with Crippen molar-refractivity contribution in [1.82, 2.24) is 0 Å². The van der Waals surface area contributed by atoms with Crippen LogP contribution in [-0.4, -0.2) is 50.1 Å². The van der Waals surface area contributed by atoms with Gasteiger partial charge < -0.3 is 9.80 Å². The summed E-state index contributed by atoms with van der Waals surface area (Å²) in [6.07, 6.45) is 8.97. The van der Waals surface area contributed by atoms with Gasteiger partial charge in [-0.05, 0) is 93.3 Å². The molecule has 0 amide bonds. The molecular formula is C30H40N3+. The van der Waals surface area contributed by atoms with E-state index < -0.39 is 0 Å². The minimum absolute atomic E-state index is 0.996. The number of anilines is 2. The fourth-order valence-corrected chi connectivity index (χ4v) is 4.42. The summed E-state index contributed by atoms with van der Waals surface area (Å²) in [4.78, 5) is 4.77. The Balaban J connectivity index is 2.08. The van der Waals surface area contributed by atoms with Gasteiger partial charge >= 0.3 is 0 Å². The minimum atomic E-state index is 0.996. The number of allylic oxidation sites excluding steroid dienone is 5. The molecule has 1 aliphatic carbocycles. The molecule has 0 heterocycles. The van der Waals surface area contributed by atoms with Gasteiger partial charge in [-0.15, -0.1) is 0 Å². The molecule has 33 heavy (non-hydrogen) atoms. The van der Waals surface area contributed by atoms with Crippen LogP contribution in [0.15, 0.2) is 78.4 Å². The Kier molecular flexibility index (Phi) is 8.71. The van der Waals surface area contributed by atoms with Gasteiger partial charge in [0.2, 0.25) is 0 Å². The monoisotopic (exact) mass is 442 g/mol. The number of hydrogen-bond donors (Lipinski definition) is 0. The molecule has 3 nitrogen and oxygen atoms in total. The van der Waals surface area contributed by atoms with E-state index >= 15 is 0 Å². The molecule has 0 fully saturated rings. The first-order valence-corrected chi connectivity index (χ1v) is 12.4. The van der Waals surface area contributed by atoms with Crippen LogP contribution < -0.4 is 9.80 Å². The lowest BCUT2D eigenvalue weighted by atomic mass is 9.90. The first kappa shape index (κ1) is 24.6. The largest absolute Gasteiger partial charge is 0.372 e. The predicted molar refractivity (Wildman–Crippen MR) is 146 cm³/mol. The van der Waals surface area contributed by atoms with Gasteiger partial charge in [-0.25, -0.2) is 4.58 Å². The van der Waals surface area contributed by atoms with Crippen molar-refractivity contribution >= 4 is 22.7 Å². The van der Waals surface area contributed by atoms with E-state index in [4.69, 9.17) is 0 Å². The molecule has 0 unspecified atom stereocenters. The molecule has 0 spiro atoms. The molecule has 2 aromatic carbocycles. The summed E-state index contributed by atoms with van der Waals surface area (Å²) in [7, 11) is 2.14. The van der Waals surface area contributed by atoms with E-state index in [2.05, 4.69) is 129 Å².